The minimum absolute atomic E-state index is 0.421. The molecule has 1 aromatic rings. The van der Waals surface area contributed by atoms with E-state index in [-0.39, 0.29) is 0 Å². The van der Waals surface area contributed by atoms with E-state index in [1.807, 2.05) is 12.1 Å². The Kier molecular flexibility index (Phi) is 2.29. The molecule has 1 aromatic carbocycles. The Balaban J connectivity index is 2.06. The molecular formula is C10H10N2O3. The Morgan fingerprint density at radius 1 is 1.27 bits per heavy atom. The third-order valence-corrected chi connectivity index (χ3v) is 2.19. The van der Waals surface area contributed by atoms with E-state index in [9.17, 15) is 9.59 Å². The number of nitrogen functional groups attached to an aromatic ring is 1. The lowest BCUT2D eigenvalue weighted by atomic mass is 10.1. The predicted octanol–water partition coefficient (Wildman–Crippen LogP) is 0.446. The lowest BCUT2D eigenvalue weighted by Gasteiger charge is -2.05. The number of carbonyl (C=O) groups excluding carboxylic acids is 2. The van der Waals surface area contributed by atoms with Gasteiger partial charge in [0.15, 0.2) is 0 Å². The summed E-state index contributed by atoms with van der Waals surface area (Å²) in [4.78, 5) is 21.9. The van der Waals surface area contributed by atoms with Crippen LogP contribution in [0.1, 0.15) is 5.56 Å². The van der Waals surface area contributed by atoms with Crippen LogP contribution in [0.3, 0.4) is 0 Å². The zero-order valence-electron chi connectivity index (χ0n) is 7.90. The average molecular weight is 206 g/mol. The fourth-order valence-corrected chi connectivity index (χ4v) is 1.42. The highest BCUT2D eigenvalue weighted by molar-refractivity contribution is 5.95. The quantitative estimate of drug-likeness (QED) is 0.418. The SMILES string of the molecule is Nc1ccc(CC2NC(=O)OC2=O)cc1. The predicted molar refractivity (Wildman–Crippen MR) is 53.0 cm³/mol. The number of esters is 1. The molecule has 5 heteroatoms. The molecule has 0 spiro atoms. The zero-order chi connectivity index (χ0) is 10.8. The van der Waals surface area contributed by atoms with Crippen molar-refractivity contribution in [2.24, 2.45) is 0 Å². The Bertz CT molecular complexity index is 400. The molecule has 1 unspecified atom stereocenters. The van der Waals surface area contributed by atoms with E-state index in [1.54, 1.807) is 12.1 Å². The van der Waals surface area contributed by atoms with Gasteiger partial charge in [-0.15, -0.1) is 0 Å². The molecule has 0 aromatic heterocycles. The van der Waals surface area contributed by atoms with Crippen molar-refractivity contribution in [1.82, 2.24) is 5.32 Å². The summed E-state index contributed by atoms with van der Waals surface area (Å²) in [5, 5.41) is 2.42. The van der Waals surface area contributed by atoms with Gasteiger partial charge < -0.3 is 15.8 Å². The van der Waals surface area contributed by atoms with Gasteiger partial charge in [0.25, 0.3) is 0 Å². The summed E-state index contributed by atoms with van der Waals surface area (Å²) < 4.78 is 4.36. The fourth-order valence-electron chi connectivity index (χ4n) is 1.42. The highest BCUT2D eigenvalue weighted by atomic mass is 16.6. The highest BCUT2D eigenvalue weighted by Gasteiger charge is 2.32. The van der Waals surface area contributed by atoms with Gasteiger partial charge in [0.1, 0.15) is 6.04 Å². The highest BCUT2D eigenvalue weighted by Crippen LogP contribution is 2.11. The first kappa shape index (κ1) is 9.51. The normalized spacial score (nSPS) is 19.9. The summed E-state index contributed by atoms with van der Waals surface area (Å²) in [7, 11) is 0. The molecular weight excluding hydrogens is 196 g/mol. The lowest BCUT2D eigenvalue weighted by Crippen LogP contribution is -2.30. The van der Waals surface area contributed by atoms with Crippen molar-refractivity contribution in [2.75, 3.05) is 5.73 Å². The van der Waals surface area contributed by atoms with Gasteiger partial charge in [0, 0.05) is 12.1 Å². The van der Waals surface area contributed by atoms with E-state index >= 15 is 0 Å². The minimum atomic E-state index is -0.680. The number of anilines is 1. The number of nitrogens with one attached hydrogen (secondary N) is 1. The number of benzene rings is 1. The van der Waals surface area contributed by atoms with E-state index in [0.29, 0.717) is 12.1 Å². The topological polar surface area (TPSA) is 81.4 Å². The largest absolute Gasteiger partial charge is 0.415 e. The first-order valence-corrected chi connectivity index (χ1v) is 4.52. The third kappa shape index (κ3) is 2.07. The molecule has 1 aliphatic heterocycles. The summed E-state index contributed by atoms with van der Waals surface area (Å²) >= 11 is 0. The second-order valence-corrected chi connectivity index (χ2v) is 3.35. The Morgan fingerprint density at radius 2 is 1.93 bits per heavy atom. The molecule has 0 bridgehead atoms. The van der Waals surface area contributed by atoms with Gasteiger partial charge in [-0.25, -0.2) is 9.59 Å². The maximum Gasteiger partial charge on any atom is 0.415 e. The molecule has 78 valence electrons. The molecule has 1 saturated heterocycles. The van der Waals surface area contributed by atoms with E-state index in [0.717, 1.165) is 5.56 Å². The molecule has 0 aliphatic carbocycles. The summed E-state index contributed by atoms with van der Waals surface area (Å²) in [6.07, 6.45) is -0.259. The van der Waals surface area contributed by atoms with Crippen molar-refractivity contribution in [3.8, 4) is 0 Å². The van der Waals surface area contributed by atoms with Gasteiger partial charge in [0.05, 0.1) is 0 Å². The summed E-state index contributed by atoms with van der Waals surface area (Å²) in [6, 6.07) is 6.54. The van der Waals surface area contributed by atoms with Gasteiger partial charge in [-0.3, -0.25) is 0 Å². The Labute approximate surface area is 86.2 Å². The van der Waals surface area contributed by atoms with Crippen molar-refractivity contribution in [3.05, 3.63) is 29.8 Å². The van der Waals surface area contributed by atoms with E-state index in [4.69, 9.17) is 5.73 Å². The fraction of sp³-hybridized carbons (Fsp3) is 0.200. The first-order valence-electron chi connectivity index (χ1n) is 4.52. The molecule has 1 heterocycles. The van der Waals surface area contributed by atoms with Crippen LogP contribution in [0.2, 0.25) is 0 Å². The van der Waals surface area contributed by atoms with E-state index < -0.39 is 18.1 Å². The maximum atomic E-state index is 11.1. The van der Waals surface area contributed by atoms with Gasteiger partial charge in [-0.05, 0) is 17.7 Å². The molecule has 1 fully saturated rings. The van der Waals surface area contributed by atoms with E-state index in [2.05, 4.69) is 10.1 Å². The Morgan fingerprint density at radius 3 is 2.47 bits per heavy atom. The number of ether oxygens (including phenoxy) is 1. The summed E-state index contributed by atoms with van der Waals surface area (Å²) in [5.41, 5.74) is 7.11. The van der Waals surface area contributed by atoms with Crippen LogP contribution in [0.5, 0.6) is 0 Å². The molecule has 5 nitrogen and oxygen atoms in total. The number of alkyl carbamates (subject to hydrolysis) is 1. The summed E-state index contributed by atoms with van der Waals surface area (Å²) in [5.74, 6) is -0.531. The van der Waals surface area contributed by atoms with Crippen molar-refractivity contribution in [1.29, 1.82) is 0 Å². The molecule has 1 amide bonds. The molecule has 0 saturated carbocycles. The second kappa shape index (κ2) is 3.61. The van der Waals surface area contributed by atoms with Crippen molar-refractivity contribution >= 4 is 17.7 Å². The van der Waals surface area contributed by atoms with Crippen LogP contribution < -0.4 is 11.1 Å². The number of hydrogen-bond donors (Lipinski definition) is 2. The molecule has 1 atom stereocenters. The lowest BCUT2D eigenvalue weighted by molar-refractivity contribution is -0.135. The van der Waals surface area contributed by atoms with Crippen molar-refractivity contribution in [2.45, 2.75) is 12.5 Å². The van der Waals surface area contributed by atoms with Crippen LogP contribution in [0, 0.1) is 0 Å². The van der Waals surface area contributed by atoms with Crippen molar-refractivity contribution < 1.29 is 14.3 Å². The molecule has 2 rings (SSSR count). The monoisotopic (exact) mass is 206 g/mol. The second-order valence-electron chi connectivity index (χ2n) is 3.35. The number of cyclic esters (lactones) is 2. The number of rotatable bonds is 2. The van der Waals surface area contributed by atoms with Gasteiger partial charge in [0.2, 0.25) is 0 Å². The Hall–Kier alpha value is -2.04. The number of amides is 1. The van der Waals surface area contributed by atoms with Gasteiger partial charge in [-0.2, -0.15) is 0 Å². The molecule has 1 aliphatic rings. The maximum absolute atomic E-state index is 11.1. The van der Waals surface area contributed by atoms with Crippen molar-refractivity contribution in [3.63, 3.8) is 0 Å². The smallest absolute Gasteiger partial charge is 0.399 e. The van der Waals surface area contributed by atoms with Crippen LogP contribution in [0.25, 0.3) is 0 Å². The molecule has 0 radical (unpaired) electrons. The molecule has 3 N–H and O–H groups in total. The van der Waals surface area contributed by atoms with E-state index in [1.165, 1.54) is 0 Å². The minimum Gasteiger partial charge on any atom is -0.399 e. The first-order chi connectivity index (χ1) is 7.15. The number of nitrogens with two attached hydrogens (primary N) is 1. The van der Waals surface area contributed by atoms with Crippen LogP contribution in [0.4, 0.5) is 10.5 Å². The number of carbonyl (C=O) groups is 2. The van der Waals surface area contributed by atoms with Gasteiger partial charge in [-0.1, -0.05) is 12.1 Å². The average Bonchev–Trinajstić information content (AvgIpc) is 2.49. The standard InChI is InChI=1S/C10H10N2O3/c11-7-3-1-6(2-4-7)5-8-9(13)15-10(14)12-8/h1-4,8H,5,11H2,(H,12,14). The van der Waals surface area contributed by atoms with Crippen LogP contribution in [-0.4, -0.2) is 18.1 Å². The molecule has 15 heavy (non-hydrogen) atoms. The van der Waals surface area contributed by atoms with Crippen LogP contribution in [-0.2, 0) is 16.0 Å². The summed E-state index contributed by atoms with van der Waals surface area (Å²) in [6.45, 7) is 0. The van der Waals surface area contributed by atoms with Gasteiger partial charge >= 0.3 is 12.1 Å². The number of hydrogen-bond acceptors (Lipinski definition) is 4. The third-order valence-electron chi connectivity index (χ3n) is 2.19. The zero-order valence-corrected chi connectivity index (χ0v) is 7.90. The van der Waals surface area contributed by atoms with Crippen LogP contribution in [0.15, 0.2) is 24.3 Å². The van der Waals surface area contributed by atoms with Crippen LogP contribution >= 0.6 is 0 Å².